The van der Waals surface area contributed by atoms with Crippen LogP contribution in [0.3, 0.4) is 0 Å². The summed E-state index contributed by atoms with van der Waals surface area (Å²) in [6.07, 6.45) is 0. The third-order valence-corrected chi connectivity index (χ3v) is 4.81. The Balaban J connectivity index is 1.88. The zero-order valence-corrected chi connectivity index (χ0v) is 16.0. The molecule has 0 spiro atoms. The number of non-ortho nitro benzene ring substituents is 1. The second kappa shape index (κ2) is 7.60. The van der Waals surface area contributed by atoms with E-state index in [1.54, 1.807) is 12.1 Å². The Morgan fingerprint density at radius 1 is 1.33 bits per heavy atom. The predicted molar refractivity (Wildman–Crippen MR) is 108 cm³/mol. The van der Waals surface area contributed by atoms with Crippen LogP contribution in [0.25, 0.3) is 11.3 Å². The molecule has 0 saturated heterocycles. The van der Waals surface area contributed by atoms with Crippen molar-refractivity contribution >= 4 is 5.69 Å². The highest BCUT2D eigenvalue weighted by atomic mass is 16.6. The number of nitro benzene ring substituents is 1. The normalized spacial score (nSPS) is 15.1. The van der Waals surface area contributed by atoms with Gasteiger partial charge in [-0.1, -0.05) is 24.3 Å². The Hall–Kier alpha value is -4.32. The fraction of sp³-hybridized carbons (Fsp3) is 0.143. The topological polar surface area (TPSA) is 140 Å². The standard InChI is InChI=1S/C21H17N5O4/c1-2-29-15-8-6-12(7-9-15)17-16(11-22)20(23)30-21-18(17)19(24-25-21)13-4-3-5-14(10-13)26(27)28/h3-10,17H,2,23H2,1H3,(H,24,25). The maximum absolute atomic E-state index is 11.2. The van der Waals surface area contributed by atoms with Crippen molar-refractivity contribution in [1.82, 2.24) is 10.2 Å². The third kappa shape index (κ3) is 3.20. The van der Waals surface area contributed by atoms with Crippen LogP contribution in [-0.4, -0.2) is 21.7 Å². The van der Waals surface area contributed by atoms with Gasteiger partial charge >= 0.3 is 0 Å². The fourth-order valence-corrected chi connectivity index (χ4v) is 3.50. The van der Waals surface area contributed by atoms with Gasteiger partial charge in [0, 0.05) is 17.7 Å². The molecule has 150 valence electrons. The highest BCUT2D eigenvalue weighted by molar-refractivity contribution is 5.72. The van der Waals surface area contributed by atoms with Crippen molar-refractivity contribution < 1.29 is 14.4 Å². The smallest absolute Gasteiger partial charge is 0.270 e. The molecule has 30 heavy (non-hydrogen) atoms. The van der Waals surface area contributed by atoms with Gasteiger partial charge in [0.2, 0.25) is 11.8 Å². The maximum Gasteiger partial charge on any atom is 0.270 e. The Bertz CT molecular complexity index is 1190. The number of allylic oxidation sites excluding steroid dienone is 1. The predicted octanol–water partition coefficient (Wildman–Crippen LogP) is 3.60. The van der Waals surface area contributed by atoms with Crippen molar-refractivity contribution in [3.63, 3.8) is 0 Å². The van der Waals surface area contributed by atoms with Crippen LogP contribution >= 0.6 is 0 Å². The number of hydrogen-bond acceptors (Lipinski definition) is 7. The highest BCUT2D eigenvalue weighted by Gasteiger charge is 2.35. The summed E-state index contributed by atoms with van der Waals surface area (Å²) in [4.78, 5) is 10.7. The van der Waals surface area contributed by atoms with Gasteiger partial charge in [-0.05, 0) is 24.6 Å². The van der Waals surface area contributed by atoms with E-state index in [0.717, 1.165) is 5.56 Å². The van der Waals surface area contributed by atoms with Crippen molar-refractivity contribution in [1.29, 1.82) is 5.26 Å². The molecule has 4 rings (SSSR count). The maximum atomic E-state index is 11.2. The lowest BCUT2D eigenvalue weighted by Crippen LogP contribution is -2.21. The van der Waals surface area contributed by atoms with Crippen LogP contribution in [0, 0.1) is 21.4 Å². The molecule has 1 atom stereocenters. The van der Waals surface area contributed by atoms with Gasteiger partial charge in [0.15, 0.2) is 0 Å². The molecular formula is C21H17N5O4. The number of nitrogens with zero attached hydrogens (tertiary/aromatic N) is 3. The van der Waals surface area contributed by atoms with Crippen molar-refractivity contribution in [2.75, 3.05) is 6.61 Å². The van der Waals surface area contributed by atoms with E-state index in [-0.39, 0.29) is 23.0 Å². The molecule has 1 aliphatic rings. The number of hydrogen-bond donors (Lipinski definition) is 2. The molecule has 0 fully saturated rings. The molecule has 1 aromatic heterocycles. The number of nitrogens with one attached hydrogen (secondary N) is 1. The molecule has 3 aromatic rings. The molecule has 2 heterocycles. The van der Waals surface area contributed by atoms with Crippen molar-refractivity contribution in [3.8, 4) is 29.0 Å². The van der Waals surface area contributed by atoms with E-state index in [1.807, 2.05) is 31.2 Å². The molecule has 0 saturated carbocycles. The van der Waals surface area contributed by atoms with Crippen LogP contribution in [0.5, 0.6) is 11.6 Å². The van der Waals surface area contributed by atoms with E-state index < -0.39 is 10.8 Å². The number of fused-ring (bicyclic) bond motifs is 1. The summed E-state index contributed by atoms with van der Waals surface area (Å²) in [6.45, 7) is 2.43. The second-order valence-corrected chi connectivity index (χ2v) is 6.55. The molecule has 0 aliphatic carbocycles. The van der Waals surface area contributed by atoms with Crippen molar-refractivity contribution in [2.24, 2.45) is 5.73 Å². The van der Waals surface area contributed by atoms with Crippen LogP contribution < -0.4 is 15.2 Å². The first-order valence-electron chi connectivity index (χ1n) is 9.17. The minimum Gasteiger partial charge on any atom is -0.494 e. The number of nitriles is 1. The van der Waals surface area contributed by atoms with E-state index in [1.165, 1.54) is 12.1 Å². The molecule has 2 aromatic carbocycles. The minimum absolute atomic E-state index is 0.0269. The summed E-state index contributed by atoms with van der Waals surface area (Å²) >= 11 is 0. The Kier molecular flexibility index (Phi) is 4.82. The minimum atomic E-state index is -0.553. The van der Waals surface area contributed by atoms with Crippen molar-refractivity contribution in [2.45, 2.75) is 12.8 Å². The monoisotopic (exact) mass is 403 g/mol. The van der Waals surface area contributed by atoms with Crippen LogP contribution in [-0.2, 0) is 0 Å². The Morgan fingerprint density at radius 3 is 2.77 bits per heavy atom. The van der Waals surface area contributed by atoms with Gasteiger partial charge < -0.3 is 15.2 Å². The van der Waals surface area contributed by atoms with Crippen LogP contribution in [0.1, 0.15) is 24.0 Å². The van der Waals surface area contributed by atoms with E-state index >= 15 is 0 Å². The molecule has 1 aliphatic heterocycles. The van der Waals surface area contributed by atoms with Gasteiger partial charge in [-0.25, -0.2) is 0 Å². The molecular weight excluding hydrogens is 386 g/mol. The summed E-state index contributed by atoms with van der Waals surface area (Å²) < 4.78 is 11.1. The zero-order valence-electron chi connectivity index (χ0n) is 16.0. The lowest BCUT2D eigenvalue weighted by atomic mass is 9.83. The molecule has 9 heteroatoms. The summed E-state index contributed by atoms with van der Waals surface area (Å²) in [7, 11) is 0. The number of H-pyrrole nitrogens is 1. The van der Waals surface area contributed by atoms with Crippen molar-refractivity contribution in [3.05, 3.63) is 81.2 Å². The van der Waals surface area contributed by atoms with Gasteiger partial charge in [0.1, 0.15) is 17.4 Å². The first-order valence-corrected chi connectivity index (χ1v) is 9.17. The Labute approximate surface area is 171 Å². The fourth-order valence-electron chi connectivity index (χ4n) is 3.50. The summed E-state index contributed by atoms with van der Waals surface area (Å²) in [5, 5.41) is 28.0. The molecule has 0 bridgehead atoms. The van der Waals surface area contributed by atoms with E-state index in [9.17, 15) is 15.4 Å². The van der Waals surface area contributed by atoms with Gasteiger partial charge in [-0.15, -0.1) is 5.10 Å². The SMILES string of the molecule is CCOc1ccc(C2C(C#N)=C(N)Oc3n[nH]c(-c4cccc([N+](=O)[O-])c4)c32)cc1. The number of benzene rings is 2. The molecule has 3 N–H and O–H groups in total. The first kappa shape index (κ1) is 19.0. The first-order chi connectivity index (χ1) is 14.5. The van der Waals surface area contributed by atoms with Gasteiger partial charge in [0.25, 0.3) is 5.69 Å². The van der Waals surface area contributed by atoms with Crippen LogP contribution in [0.4, 0.5) is 5.69 Å². The number of nitrogens with two attached hydrogens (primary N) is 1. The quantitative estimate of drug-likeness (QED) is 0.490. The van der Waals surface area contributed by atoms with Gasteiger partial charge in [0.05, 0.1) is 28.7 Å². The average molecular weight is 403 g/mol. The lowest BCUT2D eigenvalue weighted by Gasteiger charge is -2.24. The number of aromatic nitrogens is 2. The van der Waals surface area contributed by atoms with E-state index in [2.05, 4.69) is 16.3 Å². The van der Waals surface area contributed by atoms with Gasteiger partial charge in [-0.2, -0.15) is 5.26 Å². The number of nitro groups is 1. The van der Waals surface area contributed by atoms with Crippen LogP contribution in [0.15, 0.2) is 60.0 Å². The number of ether oxygens (including phenoxy) is 2. The zero-order chi connectivity index (χ0) is 21.3. The summed E-state index contributed by atoms with van der Waals surface area (Å²) in [5.74, 6) is 0.352. The summed E-state index contributed by atoms with van der Waals surface area (Å²) in [6, 6.07) is 15.6. The summed E-state index contributed by atoms with van der Waals surface area (Å²) in [5.41, 5.74) is 8.62. The average Bonchev–Trinajstić information content (AvgIpc) is 3.17. The van der Waals surface area contributed by atoms with Crippen LogP contribution in [0.2, 0.25) is 0 Å². The largest absolute Gasteiger partial charge is 0.494 e. The highest BCUT2D eigenvalue weighted by Crippen LogP contribution is 2.46. The molecule has 1 unspecified atom stereocenters. The van der Waals surface area contributed by atoms with E-state index in [4.69, 9.17) is 15.2 Å². The molecule has 0 amide bonds. The number of rotatable bonds is 5. The molecule has 9 nitrogen and oxygen atoms in total. The Morgan fingerprint density at radius 2 is 2.10 bits per heavy atom. The van der Waals surface area contributed by atoms with Gasteiger partial charge in [-0.3, -0.25) is 15.2 Å². The number of aromatic amines is 1. The van der Waals surface area contributed by atoms with E-state index in [0.29, 0.717) is 29.2 Å². The lowest BCUT2D eigenvalue weighted by molar-refractivity contribution is -0.384. The second-order valence-electron chi connectivity index (χ2n) is 6.55. The third-order valence-electron chi connectivity index (χ3n) is 4.81. The molecule has 0 radical (unpaired) electrons.